The fourth-order valence-corrected chi connectivity index (χ4v) is 2.19. The van der Waals surface area contributed by atoms with Gasteiger partial charge in [-0.25, -0.2) is 0 Å². The molecule has 0 saturated carbocycles. The molecule has 1 amide bonds. The van der Waals surface area contributed by atoms with Crippen molar-refractivity contribution in [2.75, 3.05) is 17.4 Å². The van der Waals surface area contributed by atoms with E-state index in [-0.39, 0.29) is 18.7 Å². The van der Waals surface area contributed by atoms with Crippen LogP contribution in [0, 0.1) is 6.92 Å². The Morgan fingerprint density at radius 2 is 1.73 bits per heavy atom. The minimum atomic E-state index is -0.354. The Bertz CT molecular complexity index is 683. The monoisotopic (exact) mass is 298 g/mol. The molecule has 1 atom stereocenters. The van der Waals surface area contributed by atoms with Gasteiger partial charge in [0, 0.05) is 17.4 Å². The van der Waals surface area contributed by atoms with Crippen molar-refractivity contribution >= 4 is 17.3 Å². The number of nitrogens with one attached hydrogen (secondary N) is 2. The molecule has 0 spiro atoms. The lowest BCUT2D eigenvalue weighted by Gasteiger charge is -2.15. The van der Waals surface area contributed by atoms with Crippen LogP contribution in [0.5, 0.6) is 11.5 Å². The Morgan fingerprint density at radius 3 is 2.50 bits per heavy atom. The van der Waals surface area contributed by atoms with Crippen LogP contribution in [-0.4, -0.2) is 18.7 Å². The third-order valence-corrected chi connectivity index (χ3v) is 3.47. The second-order valence-corrected chi connectivity index (χ2v) is 5.29. The molecule has 1 unspecified atom stereocenters. The summed E-state index contributed by atoms with van der Waals surface area (Å²) in [6.45, 7) is 4.07. The van der Waals surface area contributed by atoms with Gasteiger partial charge < -0.3 is 20.1 Å². The molecule has 22 heavy (non-hydrogen) atoms. The maximum absolute atomic E-state index is 12.2. The summed E-state index contributed by atoms with van der Waals surface area (Å²) in [6.07, 6.45) is 0. The Hall–Kier alpha value is -2.69. The van der Waals surface area contributed by atoms with Crippen LogP contribution in [0.1, 0.15) is 12.5 Å². The third-order valence-electron chi connectivity index (χ3n) is 3.47. The first-order valence-corrected chi connectivity index (χ1v) is 7.15. The summed E-state index contributed by atoms with van der Waals surface area (Å²) in [6, 6.07) is 12.9. The lowest BCUT2D eigenvalue weighted by Crippen LogP contribution is -2.31. The van der Waals surface area contributed by atoms with Gasteiger partial charge in [-0.3, -0.25) is 4.79 Å². The quantitative estimate of drug-likeness (QED) is 0.910. The number of carbonyl (C=O) groups excluding carboxylic acids is 1. The van der Waals surface area contributed by atoms with Crippen LogP contribution in [0.15, 0.2) is 42.5 Å². The summed E-state index contributed by atoms with van der Waals surface area (Å²) in [4.78, 5) is 12.2. The predicted octanol–water partition coefficient (Wildman–Crippen LogP) is 3.16. The Morgan fingerprint density at radius 1 is 1.05 bits per heavy atom. The van der Waals surface area contributed by atoms with E-state index in [1.54, 1.807) is 18.2 Å². The number of rotatable bonds is 4. The Kier molecular flexibility index (Phi) is 3.87. The Balaban J connectivity index is 1.62. The van der Waals surface area contributed by atoms with Crippen LogP contribution in [0.25, 0.3) is 0 Å². The first kappa shape index (κ1) is 14.3. The highest BCUT2D eigenvalue weighted by Crippen LogP contribution is 2.34. The van der Waals surface area contributed by atoms with Crippen molar-refractivity contribution in [1.29, 1.82) is 0 Å². The second kappa shape index (κ2) is 5.97. The molecule has 2 N–H and O–H groups in total. The standard InChI is InChI=1S/C17H18N2O3/c1-11-3-5-13(6-4-11)18-12(2)17(20)19-14-7-8-15-16(9-14)22-10-21-15/h3-9,12,18H,10H2,1-2H3,(H,19,20). The fourth-order valence-electron chi connectivity index (χ4n) is 2.19. The summed E-state index contributed by atoms with van der Waals surface area (Å²) in [5.41, 5.74) is 2.79. The highest BCUT2D eigenvalue weighted by atomic mass is 16.7. The van der Waals surface area contributed by atoms with Crippen LogP contribution in [-0.2, 0) is 4.79 Å². The van der Waals surface area contributed by atoms with Crippen molar-refractivity contribution in [2.24, 2.45) is 0 Å². The van der Waals surface area contributed by atoms with Gasteiger partial charge in [0.15, 0.2) is 11.5 Å². The average Bonchev–Trinajstić information content (AvgIpc) is 2.97. The third kappa shape index (κ3) is 3.14. The van der Waals surface area contributed by atoms with Crippen molar-refractivity contribution in [3.05, 3.63) is 48.0 Å². The van der Waals surface area contributed by atoms with E-state index in [1.165, 1.54) is 5.56 Å². The van der Waals surface area contributed by atoms with Crippen LogP contribution in [0.4, 0.5) is 11.4 Å². The number of amides is 1. The SMILES string of the molecule is Cc1ccc(NC(C)C(=O)Nc2ccc3c(c2)OCO3)cc1. The van der Waals surface area contributed by atoms with E-state index in [9.17, 15) is 4.79 Å². The normalized spacial score (nSPS) is 13.5. The van der Waals surface area contributed by atoms with Crippen molar-refractivity contribution in [3.63, 3.8) is 0 Å². The molecule has 2 aromatic rings. The zero-order chi connectivity index (χ0) is 15.5. The summed E-state index contributed by atoms with van der Waals surface area (Å²) in [5, 5.41) is 6.04. The van der Waals surface area contributed by atoms with Gasteiger partial charge in [-0.1, -0.05) is 17.7 Å². The van der Waals surface area contributed by atoms with Gasteiger partial charge in [-0.2, -0.15) is 0 Å². The number of anilines is 2. The molecule has 1 heterocycles. The number of hydrogen-bond donors (Lipinski definition) is 2. The molecule has 0 fully saturated rings. The minimum absolute atomic E-state index is 0.112. The molecule has 0 bridgehead atoms. The molecule has 0 aliphatic carbocycles. The molecule has 0 saturated heterocycles. The van der Waals surface area contributed by atoms with Gasteiger partial charge in [0.2, 0.25) is 12.7 Å². The largest absolute Gasteiger partial charge is 0.454 e. The zero-order valence-electron chi connectivity index (χ0n) is 12.6. The average molecular weight is 298 g/mol. The first-order chi connectivity index (χ1) is 10.6. The van der Waals surface area contributed by atoms with Gasteiger partial charge in [0.1, 0.15) is 6.04 Å². The first-order valence-electron chi connectivity index (χ1n) is 7.15. The predicted molar refractivity (Wildman–Crippen MR) is 85.5 cm³/mol. The van der Waals surface area contributed by atoms with E-state index in [0.29, 0.717) is 17.2 Å². The maximum Gasteiger partial charge on any atom is 0.246 e. The van der Waals surface area contributed by atoms with Crippen LogP contribution < -0.4 is 20.1 Å². The highest BCUT2D eigenvalue weighted by molar-refractivity contribution is 5.96. The molecular weight excluding hydrogens is 280 g/mol. The van der Waals surface area contributed by atoms with Gasteiger partial charge in [-0.15, -0.1) is 0 Å². The number of fused-ring (bicyclic) bond motifs is 1. The lowest BCUT2D eigenvalue weighted by molar-refractivity contribution is -0.116. The fraction of sp³-hybridized carbons (Fsp3) is 0.235. The van der Waals surface area contributed by atoms with E-state index in [4.69, 9.17) is 9.47 Å². The number of aryl methyl sites for hydroxylation is 1. The van der Waals surface area contributed by atoms with Crippen molar-refractivity contribution in [2.45, 2.75) is 19.9 Å². The molecule has 0 radical (unpaired) electrons. The number of hydrogen-bond acceptors (Lipinski definition) is 4. The summed E-state index contributed by atoms with van der Waals surface area (Å²) < 4.78 is 10.5. The summed E-state index contributed by atoms with van der Waals surface area (Å²) in [5.74, 6) is 1.24. The second-order valence-electron chi connectivity index (χ2n) is 5.29. The molecule has 2 aromatic carbocycles. The molecular formula is C17H18N2O3. The van der Waals surface area contributed by atoms with Crippen LogP contribution in [0.2, 0.25) is 0 Å². The maximum atomic E-state index is 12.2. The molecule has 5 nitrogen and oxygen atoms in total. The molecule has 114 valence electrons. The molecule has 1 aliphatic rings. The zero-order valence-corrected chi connectivity index (χ0v) is 12.6. The van der Waals surface area contributed by atoms with E-state index in [2.05, 4.69) is 10.6 Å². The van der Waals surface area contributed by atoms with Crippen molar-refractivity contribution in [1.82, 2.24) is 0 Å². The van der Waals surface area contributed by atoms with Crippen molar-refractivity contribution < 1.29 is 14.3 Å². The van der Waals surface area contributed by atoms with Crippen LogP contribution >= 0.6 is 0 Å². The molecule has 1 aliphatic heterocycles. The Labute approximate surface area is 129 Å². The van der Waals surface area contributed by atoms with E-state index >= 15 is 0 Å². The van der Waals surface area contributed by atoms with E-state index < -0.39 is 0 Å². The van der Waals surface area contributed by atoms with E-state index in [1.807, 2.05) is 38.1 Å². The number of benzene rings is 2. The van der Waals surface area contributed by atoms with Gasteiger partial charge in [0.05, 0.1) is 0 Å². The summed E-state index contributed by atoms with van der Waals surface area (Å²) >= 11 is 0. The van der Waals surface area contributed by atoms with Gasteiger partial charge in [0.25, 0.3) is 0 Å². The van der Waals surface area contributed by atoms with Crippen molar-refractivity contribution in [3.8, 4) is 11.5 Å². The molecule has 0 aromatic heterocycles. The van der Waals surface area contributed by atoms with Crippen LogP contribution in [0.3, 0.4) is 0 Å². The highest BCUT2D eigenvalue weighted by Gasteiger charge is 2.16. The number of carbonyl (C=O) groups is 1. The molecule has 3 rings (SSSR count). The lowest BCUT2D eigenvalue weighted by atomic mass is 10.2. The number of ether oxygens (including phenoxy) is 2. The minimum Gasteiger partial charge on any atom is -0.454 e. The topological polar surface area (TPSA) is 59.6 Å². The van der Waals surface area contributed by atoms with E-state index in [0.717, 1.165) is 5.69 Å². The molecule has 5 heteroatoms. The van der Waals surface area contributed by atoms with Gasteiger partial charge in [-0.05, 0) is 38.1 Å². The summed E-state index contributed by atoms with van der Waals surface area (Å²) in [7, 11) is 0. The smallest absolute Gasteiger partial charge is 0.246 e. The van der Waals surface area contributed by atoms with Gasteiger partial charge >= 0.3 is 0 Å².